The van der Waals surface area contributed by atoms with Crippen molar-refractivity contribution >= 4 is 38.5 Å². The lowest BCUT2D eigenvalue weighted by Gasteiger charge is -2.33. The Morgan fingerprint density at radius 2 is 1.94 bits per heavy atom. The second kappa shape index (κ2) is 7.83. The molecule has 2 aromatic carbocycles. The van der Waals surface area contributed by atoms with Crippen molar-refractivity contribution in [2.24, 2.45) is 5.16 Å². The summed E-state index contributed by atoms with van der Waals surface area (Å²) in [5.74, 6) is -1.90. The number of ether oxygens (including phenoxy) is 1. The molecule has 2 aliphatic heterocycles. The van der Waals surface area contributed by atoms with Crippen LogP contribution in [-0.2, 0) is 19.6 Å². The number of halogens is 1. The topological polar surface area (TPSA) is 110 Å². The number of hydrogen-bond donors (Lipinski definition) is 1. The van der Waals surface area contributed by atoms with Crippen molar-refractivity contribution in [3.05, 3.63) is 59.6 Å². The van der Waals surface area contributed by atoms with Gasteiger partial charge in [-0.2, -0.15) is 0 Å². The van der Waals surface area contributed by atoms with Crippen LogP contribution in [-0.4, -0.2) is 46.5 Å². The Morgan fingerprint density at radius 1 is 1.12 bits per heavy atom. The maximum atomic E-state index is 14.5. The molecule has 9 nitrogen and oxygen atoms in total. The molecule has 11 heteroatoms. The summed E-state index contributed by atoms with van der Waals surface area (Å²) in [6.07, 6.45) is 1.02. The summed E-state index contributed by atoms with van der Waals surface area (Å²) < 4.78 is 53.2. The maximum Gasteiger partial charge on any atom is 0.300 e. The van der Waals surface area contributed by atoms with Crippen LogP contribution in [0.5, 0.6) is 0 Å². The average Bonchev–Trinajstić information content (AvgIpc) is 3.18. The molecule has 0 bridgehead atoms. The SMILES string of the molecule is O=C(NS(=O)(=O)c1ccccc1C1=NOCCO1)c1cc2c(F)cc(N3CCC3)cc2o1. The molecule has 166 valence electrons. The van der Waals surface area contributed by atoms with Gasteiger partial charge in [-0.15, -0.1) is 0 Å². The van der Waals surface area contributed by atoms with Crippen LogP contribution >= 0.6 is 0 Å². The van der Waals surface area contributed by atoms with Gasteiger partial charge in [-0.3, -0.25) is 4.79 Å². The third-order valence-corrected chi connectivity index (χ3v) is 6.60. The van der Waals surface area contributed by atoms with Gasteiger partial charge in [-0.1, -0.05) is 12.1 Å². The monoisotopic (exact) mass is 459 g/mol. The quantitative estimate of drug-likeness (QED) is 0.624. The summed E-state index contributed by atoms with van der Waals surface area (Å²) in [5.41, 5.74) is 0.957. The highest BCUT2D eigenvalue weighted by molar-refractivity contribution is 7.90. The van der Waals surface area contributed by atoms with E-state index in [9.17, 15) is 17.6 Å². The lowest BCUT2D eigenvalue weighted by atomic mass is 10.1. The molecular weight excluding hydrogens is 441 g/mol. The number of sulfonamides is 1. The van der Waals surface area contributed by atoms with E-state index >= 15 is 0 Å². The first-order valence-corrected chi connectivity index (χ1v) is 11.4. The van der Waals surface area contributed by atoms with Gasteiger partial charge in [0, 0.05) is 30.9 Å². The van der Waals surface area contributed by atoms with Crippen LogP contribution in [0.2, 0.25) is 0 Å². The third-order valence-electron chi connectivity index (χ3n) is 5.21. The van der Waals surface area contributed by atoms with Crippen LogP contribution in [0, 0.1) is 5.82 Å². The largest absolute Gasteiger partial charge is 0.471 e. The molecule has 0 saturated carbocycles. The number of oxime groups is 1. The normalized spacial score (nSPS) is 16.0. The number of fused-ring (bicyclic) bond motifs is 1. The molecule has 1 N–H and O–H groups in total. The Morgan fingerprint density at radius 3 is 2.66 bits per heavy atom. The first-order chi connectivity index (χ1) is 15.4. The maximum absolute atomic E-state index is 14.5. The molecule has 3 heterocycles. The molecular formula is C21H18FN3O6S. The number of nitrogens with one attached hydrogen (secondary N) is 1. The fraction of sp³-hybridized carbons (Fsp3) is 0.238. The minimum absolute atomic E-state index is 0.00555. The van der Waals surface area contributed by atoms with Crippen molar-refractivity contribution in [2.45, 2.75) is 11.3 Å². The van der Waals surface area contributed by atoms with E-state index in [1.165, 1.54) is 30.3 Å². The number of amides is 1. The molecule has 0 atom stereocenters. The second-order valence-corrected chi connectivity index (χ2v) is 8.95. The fourth-order valence-corrected chi connectivity index (χ4v) is 4.65. The number of benzene rings is 2. The van der Waals surface area contributed by atoms with Crippen LogP contribution < -0.4 is 9.62 Å². The van der Waals surface area contributed by atoms with Gasteiger partial charge in [0.2, 0.25) is 0 Å². The Kier molecular flexibility index (Phi) is 4.97. The first-order valence-electron chi connectivity index (χ1n) is 9.90. The molecule has 1 fully saturated rings. The van der Waals surface area contributed by atoms with E-state index in [2.05, 4.69) is 5.16 Å². The van der Waals surface area contributed by atoms with E-state index < -0.39 is 21.7 Å². The molecule has 3 aromatic rings. The van der Waals surface area contributed by atoms with Crippen molar-refractivity contribution in [1.82, 2.24) is 4.72 Å². The Balaban J connectivity index is 1.44. The summed E-state index contributed by atoms with van der Waals surface area (Å²) in [4.78, 5) is 19.4. The third kappa shape index (κ3) is 3.64. The predicted molar refractivity (Wildman–Crippen MR) is 113 cm³/mol. The van der Waals surface area contributed by atoms with E-state index in [1.54, 1.807) is 12.1 Å². The Labute approximate surface area is 182 Å². The number of nitrogens with zero attached hydrogens (tertiary/aromatic N) is 2. The zero-order valence-electron chi connectivity index (χ0n) is 16.7. The number of carbonyl (C=O) groups excluding carboxylic acids is 1. The van der Waals surface area contributed by atoms with Crippen molar-refractivity contribution in [2.75, 3.05) is 31.2 Å². The smallest absolute Gasteiger partial charge is 0.300 e. The number of rotatable bonds is 5. The molecule has 0 aliphatic carbocycles. The van der Waals surface area contributed by atoms with Gasteiger partial charge < -0.3 is 18.9 Å². The Hall–Kier alpha value is -3.60. The highest BCUT2D eigenvalue weighted by Gasteiger charge is 2.27. The van der Waals surface area contributed by atoms with E-state index in [1.807, 2.05) is 9.62 Å². The van der Waals surface area contributed by atoms with Gasteiger partial charge >= 0.3 is 5.91 Å². The molecule has 5 rings (SSSR count). The van der Waals surface area contributed by atoms with E-state index in [0.29, 0.717) is 5.69 Å². The zero-order chi connectivity index (χ0) is 22.3. The van der Waals surface area contributed by atoms with Crippen LogP contribution in [0.15, 0.2) is 56.9 Å². The van der Waals surface area contributed by atoms with E-state index in [0.717, 1.165) is 19.5 Å². The lowest BCUT2D eigenvalue weighted by Crippen LogP contribution is -2.36. The molecule has 2 aliphatic rings. The van der Waals surface area contributed by atoms with Crippen molar-refractivity contribution in [1.29, 1.82) is 0 Å². The summed E-state index contributed by atoms with van der Waals surface area (Å²) in [5, 5.41) is 3.83. The number of hydrogen-bond acceptors (Lipinski definition) is 8. The van der Waals surface area contributed by atoms with Crippen LogP contribution in [0.3, 0.4) is 0 Å². The summed E-state index contributed by atoms with van der Waals surface area (Å²) in [6.45, 7) is 2.09. The average molecular weight is 459 g/mol. The van der Waals surface area contributed by atoms with Gasteiger partial charge in [-0.25, -0.2) is 17.5 Å². The molecule has 0 radical (unpaired) electrons. The van der Waals surface area contributed by atoms with Gasteiger partial charge in [0.25, 0.3) is 15.9 Å². The number of furan rings is 1. The molecule has 0 unspecified atom stereocenters. The van der Waals surface area contributed by atoms with Crippen molar-refractivity contribution in [3.8, 4) is 0 Å². The number of anilines is 1. The van der Waals surface area contributed by atoms with Crippen molar-refractivity contribution in [3.63, 3.8) is 0 Å². The molecule has 1 amide bonds. The minimum Gasteiger partial charge on any atom is -0.471 e. The molecule has 1 saturated heterocycles. The molecule has 1 aromatic heterocycles. The fourth-order valence-electron chi connectivity index (χ4n) is 3.49. The summed E-state index contributed by atoms with van der Waals surface area (Å²) in [6, 6.07) is 10.1. The lowest BCUT2D eigenvalue weighted by molar-refractivity contribution is 0.0653. The van der Waals surface area contributed by atoms with E-state index in [-0.39, 0.29) is 46.3 Å². The Bertz CT molecular complexity index is 1350. The molecule has 0 spiro atoms. The zero-order valence-corrected chi connectivity index (χ0v) is 17.5. The van der Waals surface area contributed by atoms with E-state index in [4.69, 9.17) is 14.0 Å². The van der Waals surface area contributed by atoms with Gasteiger partial charge in [0.1, 0.15) is 22.9 Å². The number of carbonyl (C=O) groups is 1. The summed E-state index contributed by atoms with van der Waals surface area (Å²) in [7, 11) is -4.33. The predicted octanol–water partition coefficient (Wildman–Crippen LogP) is 2.61. The minimum atomic E-state index is -4.33. The van der Waals surface area contributed by atoms with Gasteiger partial charge in [-0.05, 0) is 29.8 Å². The highest BCUT2D eigenvalue weighted by atomic mass is 32.2. The highest BCUT2D eigenvalue weighted by Crippen LogP contribution is 2.30. The summed E-state index contributed by atoms with van der Waals surface area (Å²) >= 11 is 0. The van der Waals surface area contributed by atoms with Crippen molar-refractivity contribution < 1.29 is 31.6 Å². The van der Waals surface area contributed by atoms with Crippen LogP contribution in [0.1, 0.15) is 22.5 Å². The van der Waals surface area contributed by atoms with Crippen LogP contribution in [0.25, 0.3) is 11.0 Å². The van der Waals surface area contributed by atoms with Gasteiger partial charge in [0.15, 0.2) is 12.4 Å². The second-order valence-electron chi connectivity index (χ2n) is 7.30. The van der Waals surface area contributed by atoms with Crippen LogP contribution in [0.4, 0.5) is 10.1 Å². The molecule has 32 heavy (non-hydrogen) atoms. The van der Waals surface area contributed by atoms with Gasteiger partial charge in [0.05, 0.1) is 10.9 Å². The first kappa shape index (κ1) is 20.3. The standard InChI is InChI=1S/C21H18FN3O6S/c22-16-10-13(25-6-3-7-25)11-17-15(16)12-18(31-17)20(26)24-32(27,28)19-5-2-1-4-14(19)21-23-30-9-8-29-21/h1-2,4-5,10-12H,3,6-9H2,(H,24,26).